The Hall–Kier alpha value is -3.08. The molecule has 1 amide bonds. The van der Waals surface area contributed by atoms with E-state index in [-0.39, 0.29) is 17.1 Å². The summed E-state index contributed by atoms with van der Waals surface area (Å²) in [7, 11) is 0. The van der Waals surface area contributed by atoms with Gasteiger partial charge >= 0.3 is 0 Å². The molecule has 1 aliphatic heterocycles. The highest BCUT2D eigenvalue weighted by molar-refractivity contribution is 6.06. The molecule has 5 nitrogen and oxygen atoms in total. The first kappa shape index (κ1) is 21.2. The zero-order valence-corrected chi connectivity index (χ0v) is 18.7. The fourth-order valence-corrected chi connectivity index (χ4v) is 4.66. The van der Waals surface area contributed by atoms with Crippen LogP contribution in [0.1, 0.15) is 58.6 Å². The van der Waals surface area contributed by atoms with E-state index in [1.54, 1.807) is 4.90 Å². The number of ketones is 1. The minimum absolute atomic E-state index is 0.0143. The summed E-state index contributed by atoms with van der Waals surface area (Å²) in [4.78, 5) is 28.6. The fraction of sp³-hybridized carbons (Fsp3) is 0.385. The van der Waals surface area contributed by atoms with Gasteiger partial charge in [0.05, 0.1) is 24.0 Å². The quantitative estimate of drug-likeness (QED) is 0.698. The second-order valence-corrected chi connectivity index (χ2v) is 9.00. The molecule has 1 atom stereocenters. The lowest BCUT2D eigenvalue weighted by Crippen LogP contribution is -2.39. The Labute approximate surface area is 184 Å². The molecule has 1 heterocycles. The molecular weight excluding hydrogens is 388 g/mol. The number of carbonyl (C=O) groups is 2. The van der Waals surface area contributed by atoms with Gasteiger partial charge in [-0.1, -0.05) is 45.0 Å². The number of ether oxygens (including phenoxy) is 1. The Bertz CT molecular complexity index is 1040. The van der Waals surface area contributed by atoms with Crippen LogP contribution in [-0.2, 0) is 9.59 Å². The maximum Gasteiger partial charge on any atom is 0.227 e. The molecule has 0 bridgehead atoms. The maximum absolute atomic E-state index is 13.5. The number of Topliss-reactive ketones (excluding diaryl/α,β-unsaturated/α-hetero) is 1. The van der Waals surface area contributed by atoms with Crippen molar-refractivity contribution in [2.45, 2.75) is 53.0 Å². The molecule has 1 N–H and O–H groups in total. The number of fused-ring (bicyclic) bond motifs is 1. The number of benzene rings is 2. The Kier molecular flexibility index (Phi) is 5.61. The SMILES string of the molecule is CCOc1ccc([C@@H]2C3=C(CC(C)(C)CC3=O)Nc3ccccc3N2C(=O)CC)cc1. The number of nitrogens with zero attached hydrogens (tertiary/aromatic N) is 1. The summed E-state index contributed by atoms with van der Waals surface area (Å²) in [6.45, 7) is 8.63. The highest BCUT2D eigenvalue weighted by Crippen LogP contribution is 2.48. The molecule has 4 rings (SSSR count). The van der Waals surface area contributed by atoms with Gasteiger partial charge in [-0.15, -0.1) is 0 Å². The van der Waals surface area contributed by atoms with Crippen LogP contribution in [0.2, 0.25) is 0 Å². The van der Waals surface area contributed by atoms with Gasteiger partial charge in [0, 0.05) is 24.1 Å². The number of para-hydroxylation sites is 2. The first-order valence-electron chi connectivity index (χ1n) is 11.0. The summed E-state index contributed by atoms with van der Waals surface area (Å²) in [5.41, 5.74) is 4.04. The third-order valence-corrected chi connectivity index (χ3v) is 5.98. The second-order valence-electron chi connectivity index (χ2n) is 9.00. The van der Waals surface area contributed by atoms with E-state index in [0.29, 0.717) is 25.0 Å². The Morgan fingerprint density at radius 3 is 2.48 bits per heavy atom. The van der Waals surface area contributed by atoms with Gasteiger partial charge in [-0.25, -0.2) is 0 Å². The van der Waals surface area contributed by atoms with E-state index in [4.69, 9.17) is 4.74 Å². The normalized spacial score (nSPS) is 19.8. The van der Waals surface area contributed by atoms with Crippen molar-refractivity contribution in [3.63, 3.8) is 0 Å². The number of amides is 1. The lowest BCUT2D eigenvalue weighted by Gasteiger charge is -2.37. The number of hydrogen-bond acceptors (Lipinski definition) is 4. The number of allylic oxidation sites excluding steroid dienone is 1. The van der Waals surface area contributed by atoms with Gasteiger partial charge < -0.3 is 10.1 Å². The van der Waals surface area contributed by atoms with Gasteiger partial charge in [-0.05, 0) is 48.6 Å². The first-order valence-corrected chi connectivity index (χ1v) is 11.0. The van der Waals surface area contributed by atoms with Gasteiger partial charge in [0.25, 0.3) is 0 Å². The molecule has 2 aromatic carbocycles. The van der Waals surface area contributed by atoms with Crippen molar-refractivity contribution >= 4 is 23.1 Å². The van der Waals surface area contributed by atoms with Gasteiger partial charge in [0.2, 0.25) is 5.91 Å². The standard InChI is InChI=1S/C26H30N2O3/c1-5-23(30)28-21-10-8-7-9-19(21)27-20-15-26(3,4)16-22(29)24(20)25(28)17-11-13-18(14-12-17)31-6-2/h7-14,25,27H,5-6,15-16H2,1-4H3/t25-/m1/s1. The van der Waals surface area contributed by atoms with E-state index in [2.05, 4.69) is 19.2 Å². The summed E-state index contributed by atoms with van der Waals surface area (Å²) in [6.07, 6.45) is 1.57. The van der Waals surface area contributed by atoms with Crippen molar-refractivity contribution in [3.05, 3.63) is 65.4 Å². The topological polar surface area (TPSA) is 58.6 Å². The van der Waals surface area contributed by atoms with Crippen LogP contribution in [-0.4, -0.2) is 18.3 Å². The third kappa shape index (κ3) is 3.97. The molecule has 0 unspecified atom stereocenters. The molecule has 31 heavy (non-hydrogen) atoms. The number of hydrogen-bond donors (Lipinski definition) is 1. The van der Waals surface area contributed by atoms with Crippen LogP contribution in [0.4, 0.5) is 11.4 Å². The molecule has 0 fully saturated rings. The molecule has 1 aliphatic carbocycles. The molecule has 0 aromatic heterocycles. The molecule has 0 saturated heterocycles. The van der Waals surface area contributed by atoms with E-state index in [0.717, 1.165) is 34.8 Å². The van der Waals surface area contributed by atoms with Crippen LogP contribution in [0, 0.1) is 5.41 Å². The Balaban J connectivity index is 1.95. The predicted molar refractivity (Wildman–Crippen MR) is 123 cm³/mol. The van der Waals surface area contributed by atoms with Crippen LogP contribution in [0.3, 0.4) is 0 Å². The van der Waals surface area contributed by atoms with E-state index in [1.165, 1.54) is 0 Å². The highest BCUT2D eigenvalue weighted by atomic mass is 16.5. The zero-order valence-electron chi connectivity index (χ0n) is 18.7. The summed E-state index contributed by atoms with van der Waals surface area (Å²) < 4.78 is 5.61. The van der Waals surface area contributed by atoms with Crippen molar-refractivity contribution < 1.29 is 14.3 Å². The van der Waals surface area contributed by atoms with Gasteiger partial charge in [0.1, 0.15) is 5.75 Å². The van der Waals surface area contributed by atoms with Crippen molar-refractivity contribution in [1.29, 1.82) is 0 Å². The van der Waals surface area contributed by atoms with Gasteiger partial charge in [-0.2, -0.15) is 0 Å². The fourth-order valence-electron chi connectivity index (χ4n) is 4.66. The average Bonchev–Trinajstić information content (AvgIpc) is 2.87. The summed E-state index contributed by atoms with van der Waals surface area (Å²) in [5.74, 6) is 0.857. The molecule has 0 saturated carbocycles. The Morgan fingerprint density at radius 1 is 1.10 bits per heavy atom. The lowest BCUT2D eigenvalue weighted by molar-refractivity contribution is -0.119. The number of carbonyl (C=O) groups excluding carboxylic acids is 2. The third-order valence-electron chi connectivity index (χ3n) is 5.98. The lowest BCUT2D eigenvalue weighted by atomic mass is 9.73. The van der Waals surface area contributed by atoms with Gasteiger partial charge in [-0.3, -0.25) is 14.5 Å². The van der Waals surface area contributed by atoms with Crippen molar-refractivity contribution in [3.8, 4) is 5.75 Å². The molecule has 0 spiro atoms. The molecule has 2 aliphatic rings. The summed E-state index contributed by atoms with van der Waals surface area (Å²) in [6, 6.07) is 15.1. The van der Waals surface area contributed by atoms with Crippen LogP contribution in [0.25, 0.3) is 0 Å². The van der Waals surface area contributed by atoms with E-state index in [9.17, 15) is 9.59 Å². The molecule has 5 heteroatoms. The van der Waals surface area contributed by atoms with Crippen molar-refractivity contribution in [2.24, 2.45) is 5.41 Å². The van der Waals surface area contributed by atoms with Crippen LogP contribution in [0.15, 0.2) is 59.8 Å². The highest BCUT2D eigenvalue weighted by Gasteiger charge is 2.42. The number of rotatable bonds is 4. The minimum atomic E-state index is -0.474. The monoisotopic (exact) mass is 418 g/mol. The van der Waals surface area contributed by atoms with Crippen molar-refractivity contribution in [1.82, 2.24) is 0 Å². The average molecular weight is 419 g/mol. The second kappa shape index (κ2) is 8.22. The van der Waals surface area contributed by atoms with Crippen LogP contribution in [0.5, 0.6) is 5.75 Å². The van der Waals surface area contributed by atoms with E-state index < -0.39 is 6.04 Å². The minimum Gasteiger partial charge on any atom is -0.494 e. The van der Waals surface area contributed by atoms with Gasteiger partial charge in [0.15, 0.2) is 5.78 Å². The van der Waals surface area contributed by atoms with Crippen LogP contribution < -0.4 is 15.0 Å². The molecule has 2 aromatic rings. The maximum atomic E-state index is 13.5. The molecule has 0 radical (unpaired) electrons. The zero-order chi connectivity index (χ0) is 22.2. The summed E-state index contributed by atoms with van der Waals surface area (Å²) in [5, 5.41) is 3.53. The summed E-state index contributed by atoms with van der Waals surface area (Å²) >= 11 is 0. The molecular formula is C26H30N2O3. The number of nitrogens with one attached hydrogen (secondary N) is 1. The Morgan fingerprint density at radius 2 is 1.81 bits per heavy atom. The predicted octanol–water partition coefficient (Wildman–Crippen LogP) is 5.64. The van der Waals surface area contributed by atoms with Crippen molar-refractivity contribution in [2.75, 3.05) is 16.8 Å². The smallest absolute Gasteiger partial charge is 0.227 e. The van der Waals surface area contributed by atoms with E-state index >= 15 is 0 Å². The van der Waals surface area contributed by atoms with Crippen LogP contribution >= 0.6 is 0 Å². The van der Waals surface area contributed by atoms with E-state index in [1.807, 2.05) is 62.4 Å². The largest absolute Gasteiger partial charge is 0.494 e. The first-order chi connectivity index (χ1) is 14.8. The number of anilines is 2. The molecule has 162 valence electrons.